The van der Waals surface area contributed by atoms with Gasteiger partial charge in [-0.1, -0.05) is 40.2 Å². The first kappa shape index (κ1) is 16.7. The summed E-state index contributed by atoms with van der Waals surface area (Å²) < 4.78 is 5.68. The van der Waals surface area contributed by atoms with Crippen molar-refractivity contribution in [2.75, 3.05) is 13.2 Å². The highest BCUT2D eigenvalue weighted by molar-refractivity contribution is 9.08. The molecule has 1 heterocycles. The summed E-state index contributed by atoms with van der Waals surface area (Å²) in [5, 5.41) is 0.827. The van der Waals surface area contributed by atoms with E-state index in [-0.39, 0.29) is 11.8 Å². The zero-order valence-electron chi connectivity index (χ0n) is 13.2. The summed E-state index contributed by atoms with van der Waals surface area (Å²) >= 11 is 3.41. The van der Waals surface area contributed by atoms with Crippen molar-refractivity contribution in [3.05, 3.63) is 65.2 Å². The Balaban J connectivity index is 1.44. The van der Waals surface area contributed by atoms with Crippen molar-refractivity contribution in [2.45, 2.75) is 18.2 Å². The molecule has 0 atom stereocenters. The van der Waals surface area contributed by atoms with Crippen LogP contribution in [0, 0.1) is 0 Å². The molecule has 2 aromatic rings. The van der Waals surface area contributed by atoms with Crippen LogP contribution in [0.1, 0.15) is 39.1 Å². The van der Waals surface area contributed by atoms with Gasteiger partial charge in [-0.15, -0.1) is 0 Å². The van der Waals surface area contributed by atoms with Crippen LogP contribution >= 0.6 is 15.9 Å². The van der Waals surface area contributed by atoms with Crippen molar-refractivity contribution in [3.63, 3.8) is 0 Å². The van der Waals surface area contributed by atoms with E-state index in [9.17, 15) is 9.59 Å². The smallest absolute Gasteiger partial charge is 0.261 e. The largest absolute Gasteiger partial charge is 0.494 e. The third kappa shape index (κ3) is 3.51. The molecule has 3 rings (SSSR count). The fourth-order valence-corrected chi connectivity index (χ4v) is 3.05. The third-order valence-corrected chi connectivity index (χ3v) is 4.65. The summed E-state index contributed by atoms with van der Waals surface area (Å²) in [5.41, 5.74) is 2.21. The van der Waals surface area contributed by atoms with Gasteiger partial charge in [-0.25, -0.2) is 0 Å². The average molecular weight is 388 g/mol. The molecule has 0 spiro atoms. The molecule has 5 heteroatoms. The van der Waals surface area contributed by atoms with Crippen LogP contribution < -0.4 is 4.74 Å². The number of benzene rings is 2. The number of halogens is 1. The lowest BCUT2D eigenvalue weighted by Gasteiger charge is -2.13. The molecule has 24 heavy (non-hydrogen) atoms. The van der Waals surface area contributed by atoms with Crippen molar-refractivity contribution < 1.29 is 14.3 Å². The topological polar surface area (TPSA) is 46.6 Å². The Hall–Kier alpha value is -2.14. The number of hydrogen-bond donors (Lipinski definition) is 0. The highest BCUT2D eigenvalue weighted by atomic mass is 79.9. The Labute approximate surface area is 149 Å². The molecule has 1 aliphatic heterocycles. The van der Waals surface area contributed by atoms with Gasteiger partial charge in [-0.05, 0) is 42.7 Å². The van der Waals surface area contributed by atoms with E-state index in [1.807, 2.05) is 24.3 Å². The van der Waals surface area contributed by atoms with E-state index in [0.29, 0.717) is 24.3 Å². The number of carbonyl (C=O) groups excluding carboxylic acids is 2. The van der Waals surface area contributed by atoms with Crippen molar-refractivity contribution >= 4 is 27.7 Å². The van der Waals surface area contributed by atoms with E-state index in [1.54, 1.807) is 24.3 Å². The molecule has 2 amide bonds. The molecule has 124 valence electrons. The van der Waals surface area contributed by atoms with Crippen LogP contribution in [-0.4, -0.2) is 29.9 Å². The molecule has 0 fully saturated rings. The van der Waals surface area contributed by atoms with Crippen LogP contribution in [0.2, 0.25) is 0 Å². The van der Waals surface area contributed by atoms with E-state index >= 15 is 0 Å². The molecule has 0 aliphatic carbocycles. The summed E-state index contributed by atoms with van der Waals surface area (Å²) in [6, 6.07) is 14.9. The molecule has 0 N–H and O–H groups in total. The molecule has 0 saturated heterocycles. The zero-order valence-corrected chi connectivity index (χ0v) is 14.8. The zero-order chi connectivity index (χ0) is 16.9. The molecule has 0 aromatic heterocycles. The molecule has 0 unspecified atom stereocenters. The fraction of sp³-hybridized carbons (Fsp3) is 0.263. The molecular weight excluding hydrogens is 370 g/mol. The normalized spacial score (nSPS) is 13.3. The van der Waals surface area contributed by atoms with Crippen molar-refractivity contribution in [1.82, 2.24) is 4.90 Å². The fourth-order valence-electron chi connectivity index (χ4n) is 2.68. The Bertz CT molecular complexity index is 708. The second-order valence-electron chi connectivity index (χ2n) is 5.64. The number of ether oxygens (including phenoxy) is 1. The monoisotopic (exact) mass is 387 g/mol. The van der Waals surface area contributed by atoms with E-state index in [2.05, 4.69) is 15.9 Å². The number of nitrogens with zero attached hydrogens (tertiary/aromatic N) is 1. The van der Waals surface area contributed by atoms with E-state index in [1.165, 1.54) is 10.5 Å². The molecule has 4 nitrogen and oxygen atoms in total. The Morgan fingerprint density at radius 2 is 1.50 bits per heavy atom. The number of hydrogen-bond acceptors (Lipinski definition) is 3. The number of amides is 2. The maximum Gasteiger partial charge on any atom is 0.261 e. The first-order valence-electron chi connectivity index (χ1n) is 7.93. The molecule has 0 saturated carbocycles. The lowest BCUT2D eigenvalue weighted by atomic mass is 10.1. The SMILES string of the molecule is O=C1c2ccccc2C(=O)N1CCCCOc1ccc(CBr)cc1. The van der Waals surface area contributed by atoms with Gasteiger partial charge >= 0.3 is 0 Å². The predicted octanol–water partition coefficient (Wildman–Crippen LogP) is 4.04. The second kappa shape index (κ2) is 7.62. The predicted molar refractivity (Wildman–Crippen MR) is 95.6 cm³/mol. The number of unbranched alkanes of at least 4 members (excludes halogenated alkanes) is 1. The number of carbonyl (C=O) groups is 2. The molecule has 2 aromatic carbocycles. The number of fused-ring (bicyclic) bond motifs is 1. The maximum absolute atomic E-state index is 12.2. The highest BCUT2D eigenvalue weighted by Crippen LogP contribution is 2.22. The first-order chi connectivity index (χ1) is 11.7. The summed E-state index contributed by atoms with van der Waals surface area (Å²) in [4.78, 5) is 25.8. The van der Waals surface area contributed by atoms with Crippen LogP contribution in [0.4, 0.5) is 0 Å². The molecule has 0 bridgehead atoms. The molecule has 0 radical (unpaired) electrons. The Morgan fingerprint density at radius 1 is 0.875 bits per heavy atom. The highest BCUT2D eigenvalue weighted by Gasteiger charge is 2.34. The van der Waals surface area contributed by atoms with Gasteiger partial charge in [-0.3, -0.25) is 14.5 Å². The lowest BCUT2D eigenvalue weighted by molar-refractivity contribution is 0.0649. The van der Waals surface area contributed by atoms with Crippen LogP contribution in [-0.2, 0) is 5.33 Å². The first-order valence-corrected chi connectivity index (χ1v) is 9.06. The van der Waals surface area contributed by atoms with Gasteiger partial charge in [-0.2, -0.15) is 0 Å². The van der Waals surface area contributed by atoms with Gasteiger partial charge < -0.3 is 4.74 Å². The van der Waals surface area contributed by atoms with Gasteiger partial charge in [0.25, 0.3) is 11.8 Å². The van der Waals surface area contributed by atoms with Gasteiger partial charge in [0.05, 0.1) is 17.7 Å². The summed E-state index contributed by atoms with van der Waals surface area (Å²) in [7, 11) is 0. The minimum absolute atomic E-state index is 0.193. The number of alkyl halides is 1. The number of rotatable bonds is 7. The molecular formula is C19H18BrNO3. The van der Waals surface area contributed by atoms with Crippen LogP contribution in [0.3, 0.4) is 0 Å². The summed E-state index contributed by atoms with van der Waals surface area (Å²) in [5.74, 6) is 0.448. The van der Waals surface area contributed by atoms with Gasteiger partial charge in [0.15, 0.2) is 0 Å². The van der Waals surface area contributed by atoms with Crippen molar-refractivity contribution in [3.8, 4) is 5.75 Å². The van der Waals surface area contributed by atoms with Crippen LogP contribution in [0.15, 0.2) is 48.5 Å². The minimum Gasteiger partial charge on any atom is -0.494 e. The van der Waals surface area contributed by atoms with Gasteiger partial charge in [0.2, 0.25) is 0 Å². The Morgan fingerprint density at radius 3 is 2.08 bits per heavy atom. The Kier molecular flexibility index (Phi) is 5.30. The van der Waals surface area contributed by atoms with Crippen molar-refractivity contribution in [1.29, 1.82) is 0 Å². The standard InChI is InChI=1S/C19H18BrNO3/c20-13-14-7-9-15(10-8-14)24-12-4-3-11-21-18(22)16-5-1-2-6-17(16)19(21)23/h1-2,5-10H,3-4,11-13H2. The van der Waals surface area contributed by atoms with Crippen LogP contribution in [0.25, 0.3) is 0 Å². The third-order valence-electron chi connectivity index (χ3n) is 4.00. The van der Waals surface area contributed by atoms with E-state index in [4.69, 9.17) is 4.74 Å². The quantitative estimate of drug-likeness (QED) is 0.409. The minimum atomic E-state index is -0.193. The van der Waals surface area contributed by atoms with E-state index in [0.717, 1.165) is 23.9 Å². The maximum atomic E-state index is 12.2. The van der Waals surface area contributed by atoms with Gasteiger partial charge in [0, 0.05) is 11.9 Å². The van der Waals surface area contributed by atoms with Crippen molar-refractivity contribution in [2.24, 2.45) is 0 Å². The average Bonchev–Trinajstić information content (AvgIpc) is 2.87. The summed E-state index contributed by atoms with van der Waals surface area (Å²) in [6.07, 6.45) is 1.51. The summed E-state index contributed by atoms with van der Waals surface area (Å²) in [6.45, 7) is 0.995. The molecule has 1 aliphatic rings. The van der Waals surface area contributed by atoms with Crippen LogP contribution in [0.5, 0.6) is 5.75 Å². The number of imide groups is 1. The van der Waals surface area contributed by atoms with E-state index < -0.39 is 0 Å². The lowest BCUT2D eigenvalue weighted by Crippen LogP contribution is -2.30. The van der Waals surface area contributed by atoms with Gasteiger partial charge in [0.1, 0.15) is 5.75 Å². The second-order valence-corrected chi connectivity index (χ2v) is 6.20.